The van der Waals surface area contributed by atoms with E-state index in [0.29, 0.717) is 13.2 Å². The lowest BCUT2D eigenvalue weighted by Gasteiger charge is -2.16. The fourth-order valence-electron chi connectivity index (χ4n) is 4.67. The van der Waals surface area contributed by atoms with E-state index in [1.807, 2.05) is 43.3 Å². The number of carboxylic acids is 1. The smallest absolute Gasteiger partial charge is 0.304 e. The number of ether oxygens (including phenoxy) is 2. The molecule has 0 radical (unpaired) electrons. The van der Waals surface area contributed by atoms with Crippen molar-refractivity contribution in [1.29, 1.82) is 0 Å². The van der Waals surface area contributed by atoms with Gasteiger partial charge in [-0.3, -0.25) is 9.36 Å². The Morgan fingerprint density at radius 2 is 2.06 bits per heavy atom. The van der Waals surface area contributed by atoms with E-state index in [0.717, 1.165) is 45.3 Å². The number of aliphatic carboxylic acids is 1. The molecular weight excluding hydrogens is 430 g/mol. The third-order valence-corrected chi connectivity index (χ3v) is 6.49. The van der Waals surface area contributed by atoms with Crippen LogP contribution in [0.25, 0.3) is 16.7 Å². The fourth-order valence-corrected chi connectivity index (χ4v) is 4.67. The number of hydrogen-bond acceptors (Lipinski definition) is 5. The molecule has 0 bridgehead atoms. The molecule has 0 fully saturated rings. The molecule has 1 aliphatic rings. The maximum Gasteiger partial charge on any atom is 0.304 e. The first-order chi connectivity index (χ1) is 16.4. The molecule has 0 saturated carbocycles. The lowest BCUT2D eigenvalue weighted by molar-refractivity contribution is -0.137. The van der Waals surface area contributed by atoms with Crippen LogP contribution in [0, 0.1) is 13.8 Å². The van der Waals surface area contributed by atoms with Crippen LogP contribution in [-0.4, -0.2) is 34.3 Å². The Morgan fingerprint density at radius 3 is 2.85 bits per heavy atom. The van der Waals surface area contributed by atoms with Crippen molar-refractivity contribution in [2.75, 3.05) is 19.0 Å². The first kappa shape index (κ1) is 21.8. The van der Waals surface area contributed by atoms with Crippen molar-refractivity contribution in [2.24, 2.45) is 0 Å². The predicted octanol–water partition coefficient (Wildman–Crippen LogP) is 5.21. The summed E-state index contributed by atoms with van der Waals surface area (Å²) in [4.78, 5) is 15.8. The highest BCUT2D eigenvalue weighted by atomic mass is 16.5. The minimum atomic E-state index is -0.807. The number of anilines is 1. The Bertz CT molecular complexity index is 1390. The van der Waals surface area contributed by atoms with E-state index >= 15 is 0 Å². The third-order valence-electron chi connectivity index (χ3n) is 6.49. The van der Waals surface area contributed by atoms with E-state index < -0.39 is 5.97 Å². The third kappa shape index (κ3) is 3.94. The van der Waals surface area contributed by atoms with Gasteiger partial charge in [-0.05, 0) is 49.2 Å². The number of benzene rings is 3. The SMILES string of the molecule is COc1ccc2nc(C)n(-c3cccc(CNc4ccc5c(c4)OC[C@H]5CC(=O)O)c3C)c2c1. The Balaban J connectivity index is 1.40. The summed E-state index contributed by atoms with van der Waals surface area (Å²) < 4.78 is 13.3. The van der Waals surface area contributed by atoms with Gasteiger partial charge < -0.3 is 19.9 Å². The molecule has 7 nitrogen and oxygen atoms in total. The van der Waals surface area contributed by atoms with Crippen LogP contribution in [0.5, 0.6) is 11.5 Å². The van der Waals surface area contributed by atoms with Crippen LogP contribution >= 0.6 is 0 Å². The normalized spacial score (nSPS) is 14.6. The van der Waals surface area contributed by atoms with Crippen LogP contribution < -0.4 is 14.8 Å². The van der Waals surface area contributed by atoms with Crippen LogP contribution in [0.2, 0.25) is 0 Å². The summed E-state index contributed by atoms with van der Waals surface area (Å²) >= 11 is 0. The maximum atomic E-state index is 11.1. The lowest BCUT2D eigenvalue weighted by Crippen LogP contribution is -2.07. The first-order valence-corrected chi connectivity index (χ1v) is 11.3. The summed E-state index contributed by atoms with van der Waals surface area (Å²) in [5.74, 6) is 1.58. The van der Waals surface area contributed by atoms with Gasteiger partial charge in [0.25, 0.3) is 0 Å². The second-order valence-corrected chi connectivity index (χ2v) is 8.62. The largest absolute Gasteiger partial charge is 0.497 e. The van der Waals surface area contributed by atoms with E-state index in [1.165, 1.54) is 11.1 Å². The van der Waals surface area contributed by atoms with Gasteiger partial charge in [-0.15, -0.1) is 0 Å². The molecule has 4 aromatic rings. The second-order valence-electron chi connectivity index (χ2n) is 8.62. The van der Waals surface area contributed by atoms with Crippen molar-refractivity contribution in [3.05, 3.63) is 77.1 Å². The molecule has 0 amide bonds. The number of aryl methyl sites for hydroxylation is 1. The Kier molecular flexibility index (Phi) is 5.61. The summed E-state index contributed by atoms with van der Waals surface area (Å²) in [7, 11) is 1.67. The van der Waals surface area contributed by atoms with E-state index in [2.05, 4.69) is 35.0 Å². The Labute approximate surface area is 198 Å². The van der Waals surface area contributed by atoms with Gasteiger partial charge in [-0.25, -0.2) is 4.98 Å². The minimum Gasteiger partial charge on any atom is -0.497 e. The number of hydrogen-bond donors (Lipinski definition) is 2. The number of aromatic nitrogens is 2. The van der Waals surface area contributed by atoms with Crippen molar-refractivity contribution >= 4 is 22.7 Å². The van der Waals surface area contributed by atoms with Crippen LogP contribution in [0.1, 0.15) is 34.9 Å². The molecule has 5 rings (SSSR count). The number of imidazole rings is 1. The summed E-state index contributed by atoms with van der Waals surface area (Å²) in [5, 5.41) is 12.6. The van der Waals surface area contributed by atoms with Gasteiger partial charge in [0.05, 0.1) is 36.9 Å². The number of fused-ring (bicyclic) bond motifs is 2. The molecule has 2 heterocycles. The number of methoxy groups -OCH3 is 1. The summed E-state index contributed by atoms with van der Waals surface area (Å²) in [6.07, 6.45) is 0.0833. The highest BCUT2D eigenvalue weighted by Gasteiger charge is 2.26. The maximum absolute atomic E-state index is 11.1. The number of nitrogens with zero attached hydrogens (tertiary/aromatic N) is 2. The zero-order valence-electron chi connectivity index (χ0n) is 19.5. The second kappa shape index (κ2) is 8.74. The van der Waals surface area contributed by atoms with Crippen LogP contribution in [0.15, 0.2) is 54.6 Å². The highest BCUT2D eigenvalue weighted by Crippen LogP contribution is 2.38. The van der Waals surface area contributed by atoms with Crippen molar-refractivity contribution in [2.45, 2.75) is 32.7 Å². The molecule has 1 aromatic heterocycles. The van der Waals surface area contributed by atoms with Crippen LogP contribution in [0.3, 0.4) is 0 Å². The summed E-state index contributed by atoms with van der Waals surface area (Å²) in [5.41, 5.74) is 7.27. The van der Waals surface area contributed by atoms with Gasteiger partial charge in [-0.2, -0.15) is 0 Å². The van der Waals surface area contributed by atoms with Crippen molar-refractivity contribution < 1.29 is 19.4 Å². The number of nitrogens with one attached hydrogen (secondary N) is 1. The Hall–Kier alpha value is -4.00. The average Bonchev–Trinajstić information content (AvgIpc) is 3.37. The number of carboxylic acid groups (broad SMARTS) is 1. The molecule has 1 atom stereocenters. The van der Waals surface area contributed by atoms with Crippen LogP contribution in [0.4, 0.5) is 5.69 Å². The standard InChI is InChI=1S/C27H27N3O4/c1-16-18(14-28-20-7-9-22-19(11-27(31)32)15-34-26(22)12-20)5-4-6-24(16)30-17(2)29-23-10-8-21(33-3)13-25(23)30/h4-10,12-13,19,28H,11,14-15H2,1-3H3,(H,31,32)/t19-/m1/s1. The van der Waals surface area contributed by atoms with Gasteiger partial charge in [-0.1, -0.05) is 18.2 Å². The van der Waals surface area contributed by atoms with Crippen molar-refractivity contribution in [3.63, 3.8) is 0 Å². The van der Waals surface area contributed by atoms with E-state index in [1.54, 1.807) is 7.11 Å². The molecule has 7 heteroatoms. The number of rotatable bonds is 7. The van der Waals surface area contributed by atoms with Gasteiger partial charge in [0.15, 0.2) is 0 Å². The molecule has 0 spiro atoms. The molecule has 0 saturated heterocycles. The Morgan fingerprint density at radius 1 is 1.21 bits per heavy atom. The van der Waals surface area contributed by atoms with Crippen molar-refractivity contribution in [3.8, 4) is 17.2 Å². The van der Waals surface area contributed by atoms with E-state index in [4.69, 9.17) is 19.6 Å². The lowest BCUT2D eigenvalue weighted by atomic mass is 9.98. The zero-order valence-corrected chi connectivity index (χ0v) is 19.5. The fraction of sp³-hybridized carbons (Fsp3) is 0.259. The van der Waals surface area contributed by atoms with E-state index in [9.17, 15) is 4.79 Å². The monoisotopic (exact) mass is 457 g/mol. The quantitative estimate of drug-likeness (QED) is 0.396. The molecule has 174 valence electrons. The predicted molar refractivity (Wildman–Crippen MR) is 131 cm³/mol. The van der Waals surface area contributed by atoms with Crippen LogP contribution in [-0.2, 0) is 11.3 Å². The molecule has 0 unspecified atom stereocenters. The molecular formula is C27H27N3O4. The zero-order chi connectivity index (χ0) is 23.8. The molecule has 1 aliphatic heterocycles. The number of carbonyl (C=O) groups is 1. The van der Waals surface area contributed by atoms with Gasteiger partial charge in [0.1, 0.15) is 17.3 Å². The average molecular weight is 458 g/mol. The molecule has 34 heavy (non-hydrogen) atoms. The van der Waals surface area contributed by atoms with E-state index in [-0.39, 0.29) is 12.3 Å². The van der Waals surface area contributed by atoms with Crippen molar-refractivity contribution in [1.82, 2.24) is 9.55 Å². The minimum absolute atomic E-state index is 0.0833. The first-order valence-electron chi connectivity index (χ1n) is 11.3. The topological polar surface area (TPSA) is 85.6 Å². The molecule has 3 aromatic carbocycles. The van der Waals surface area contributed by atoms with Gasteiger partial charge in [0, 0.05) is 35.8 Å². The molecule has 2 N–H and O–H groups in total. The molecule has 0 aliphatic carbocycles. The van der Waals surface area contributed by atoms with Gasteiger partial charge >= 0.3 is 5.97 Å². The summed E-state index contributed by atoms with van der Waals surface area (Å²) in [6, 6.07) is 18.1. The van der Waals surface area contributed by atoms with Gasteiger partial charge in [0.2, 0.25) is 0 Å². The highest BCUT2D eigenvalue weighted by molar-refractivity contribution is 5.80. The summed E-state index contributed by atoms with van der Waals surface area (Å²) in [6.45, 7) is 5.19.